The third-order valence-electron chi connectivity index (χ3n) is 7.91. The first-order valence-electron chi connectivity index (χ1n) is 13.1. The Morgan fingerprint density at radius 2 is 1.69 bits per heavy atom. The van der Waals surface area contributed by atoms with Crippen molar-refractivity contribution in [2.45, 2.75) is 75.7 Å². The summed E-state index contributed by atoms with van der Waals surface area (Å²) in [7, 11) is -2.14. The van der Waals surface area contributed by atoms with E-state index in [0.29, 0.717) is 43.4 Å². The second kappa shape index (κ2) is 12.2. The molecular formula is C28H36F2N2O6S. The van der Waals surface area contributed by atoms with Crippen LogP contribution in [0.5, 0.6) is 5.75 Å². The Bertz CT molecular complexity index is 1230. The maximum atomic E-state index is 13.7. The van der Waals surface area contributed by atoms with Gasteiger partial charge in [0.2, 0.25) is 10.0 Å². The van der Waals surface area contributed by atoms with E-state index in [1.165, 1.54) is 21.3 Å². The van der Waals surface area contributed by atoms with Gasteiger partial charge in [0.05, 0.1) is 32.1 Å². The number of nitrogens with zero attached hydrogens (tertiary/aromatic N) is 2. The van der Waals surface area contributed by atoms with E-state index in [1.807, 2.05) is 0 Å². The summed E-state index contributed by atoms with van der Waals surface area (Å²) in [5.74, 6) is -0.512. The van der Waals surface area contributed by atoms with Crippen molar-refractivity contribution in [3.8, 4) is 5.75 Å². The highest BCUT2D eigenvalue weighted by Crippen LogP contribution is 2.36. The molecule has 1 saturated carbocycles. The Morgan fingerprint density at radius 3 is 2.23 bits per heavy atom. The van der Waals surface area contributed by atoms with Crippen molar-refractivity contribution in [3.05, 3.63) is 65.2 Å². The Kier molecular flexibility index (Phi) is 9.13. The van der Waals surface area contributed by atoms with Crippen LogP contribution >= 0.6 is 0 Å². The SMILES string of the molecule is COc1ccc(CN([C@H]2C[C@@H](C)N(C(=O)O)[C@H]2COC2CCC(c3cc(F)cc(F)c3)CC2)S(C)(=O)=O)cc1. The van der Waals surface area contributed by atoms with Crippen LogP contribution < -0.4 is 4.74 Å². The molecule has 2 fully saturated rings. The normalized spacial score (nSPS) is 25.7. The van der Waals surface area contributed by atoms with Gasteiger partial charge in [-0.1, -0.05) is 12.1 Å². The molecule has 2 aromatic carbocycles. The summed E-state index contributed by atoms with van der Waals surface area (Å²) in [6, 6.07) is 9.02. The van der Waals surface area contributed by atoms with Gasteiger partial charge in [-0.05, 0) is 80.3 Å². The quantitative estimate of drug-likeness (QED) is 0.460. The molecule has 214 valence electrons. The van der Waals surface area contributed by atoms with E-state index < -0.39 is 39.8 Å². The van der Waals surface area contributed by atoms with E-state index in [9.17, 15) is 27.1 Å². The van der Waals surface area contributed by atoms with Crippen LogP contribution in [0.4, 0.5) is 13.6 Å². The van der Waals surface area contributed by atoms with Gasteiger partial charge in [-0.25, -0.2) is 22.0 Å². The molecular weight excluding hydrogens is 530 g/mol. The van der Waals surface area contributed by atoms with Crippen LogP contribution in [-0.4, -0.2) is 73.0 Å². The number of hydrogen-bond acceptors (Lipinski definition) is 5. The summed E-state index contributed by atoms with van der Waals surface area (Å²) < 4.78 is 66.0. The van der Waals surface area contributed by atoms with Gasteiger partial charge in [-0.3, -0.25) is 4.90 Å². The molecule has 0 spiro atoms. The first-order valence-corrected chi connectivity index (χ1v) is 15.0. The first kappa shape index (κ1) is 29.2. The number of benzene rings is 2. The van der Waals surface area contributed by atoms with Gasteiger partial charge >= 0.3 is 6.09 Å². The lowest BCUT2D eigenvalue weighted by Crippen LogP contribution is -2.51. The Morgan fingerprint density at radius 1 is 1.08 bits per heavy atom. The summed E-state index contributed by atoms with van der Waals surface area (Å²) in [4.78, 5) is 13.5. The molecule has 0 unspecified atom stereocenters. The number of rotatable bonds is 9. The predicted molar refractivity (Wildman–Crippen MR) is 142 cm³/mol. The van der Waals surface area contributed by atoms with Crippen molar-refractivity contribution >= 4 is 16.1 Å². The molecule has 2 aliphatic rings. The van der Waals surface area contributed by atoms with Crippen molar-refractivity contribution in [3.63, 3.8) is 0 Å². The molecule has 11 heteroatoms. The maximum Gasteiger partial charge on any atom is 0.407 e. The number of sulfonamides is 1. The maximum absolute atomic E-state index is 13.7. The molecule has 39 heavy (non-hydrogen) atoms. The largest absolute Gasteiger partial charge is 0.497 e. The van der Waals surface area contributed by atoms with Gasteiger partial charge in [0.25, 0.3) is 0 Å². The fourth-order valence-corrected chi connectivity index (χ4v) is 7.07. The van der Waals surface area contributed by atoms with Crippen molar-refractivity contribution < 1.29 is 36.6 Å². The summed E-state index contributed by atoms with van der Waals surface area (Å²) in [6.45, 7) is 1.93. The summed E-state index contributed by atoms with van der Waals surface area (Å²) >= 11 is 0. The number of halogens is 2. The molecule has 1 amide bonds. The minimum absolute atomic E-state index is 0.0232. The van der Waals surface area contributed by atoms with E-state index in [-0.39, 0.29) is 31.2 Å². The Labute approximate surface area is 228 Å². The first-order chi connectivity index (χ1) is 18.5. The number of amides is 1. The van der Waals surface area contributed by atoms with Crippen LogP contribution in [-0.2, 0) is 21.3 Å². The van der Waals surface area contributed by atoms with E-state index in [2.05, 4.69) is 0 Å². The lowest BCUT2D eigenvalue weighted by Gasteiger charge is -2.35. The van der Waals surface area contributed by atoms with E-state index in [0.717, 1.165) is 17.9 Å². The number of methoxy groups -OCH3 is 1. The molecule has 1 N–H and O–H groups in total. The highest BCUT2D eigenvalue weighted by atomic mass is 32.2. The molecule has 0 radical (unpaired) electrons. The van der Waals surface area contributed by atoms with Crippen LogP contribution in [0.15, 0.2) is 42.5 Å². The minimum atomic E-state index is -3.69. The van der Waals surface area contributed by atoms with E-state index >= 15 is 0 Å². The summed E-state index contributed by atoms with van der Waals surface area (Å²) in [5.41, 5.74) is 1.39. The molecule has 2 aromatic rings. The fourth-order valence-electron chi connectivity index (χ4n) is 5.96. The molecule has 3 atom stereocenters. The van der Waals surface area contributed by atoms with Crippen molar-refractivity contribution in [2.24, 2.45) is 0 Å². The molecule has 1 aliphatic carbocycles. The Balaban J connectivity index is 1.46. The van der Waals surface area contributed by atoms with Gasteiger partial charge in [0, 0.05) is 24.7 Å². The molecule has 1 saturated heterocycles. The van der Waals surface area contributed by atoms with Crippen molar-refractivity contribution in [1.82, 2.24) is 9.21 Å². The van der Waals surface area contributed by atoms with Crippen molar-refractivity contribution in [2.75, 3.05) is 20.0 Å². The van der Waals surface area contributed by atoms with Gasteiger partial charge in [-0.2, -0.15) is 4.31 Å². The minimum Gasteiger partial charge on any atom is -0.497 e. The number of ether oxygens (including phenoxy) is 2. The number of hydrogen-bond donors (Lipinski definition) is 1. The third-order valence-corrected chi connectivity index (χ3v) is 9.16. The lowest BCUT2D eigenvalue weighted by molar-refractivity contribution is -0.0123. The van der Waals surface area contributed by atoms with Crippen LogP contribution in [0.3, 0.4) is 0 Å². The molecule has 8 nitrogen and oxygen atoms in total. The monoisotopic (exact) mass is 566 g/mol. The van der Waals surface area contributed by atoms with Gasteiger partial charge < -0.3 is 14.6 Å². The number of carbonyl (C=O) groups is 1. The number of likely N-dealkylation sites (tertiary alicyclic amines) is 1. The average molecular weight is 567 g/mol. The fraction of sp³-hybridized carbons (Fsp3) is 0.536. The third kappa shape index (κ3) is 7.06. The van der Waals surface area contributed by atoms with Crippen molar-refractivity contribution in [1.29, 1.82) is 0 Å². The second-order valence-corrected chi connectivity index (χ2v) is 12.5. The van der Waals surface area contributed by atoms with Gasteiger partial charge in [-0.15, -0.1) is 0 Å². The van der Waals surface area contributed by atoms with E-state index in [4.69, 9.17) is 9.47 Å². The lowest BCUT2D eigenvalue weighted by atomic mass is 9.82. The highest BCUT2D eigenvalue weighted by molar-refractivity contribution is 7.88. The zero-order valence-corrected chi connectivity index (χ0v) is 23.2. The van der Waals surface area contributed by atoms with Crippen LogP contribution in [0.25, 0.3) is 0 Å². The molecule has 4 rings (SSSR count). The van der Waals surface area contributed by atoms with Gasteiger partial charge in [0.1, 0.15) is 17.4 Å². The standard InChI is InChI=1S/C28H36F2N2O6S/c1-18-12-26(31(39(3,35)36)16-19-4-8-24(37-2)9-5-19)27(32(18)28(33)34)17-38-25-10-6-20(7-11-25)21-13-22(29)15-23(30)14-21/h4-5,8-9,13-15,18,20,25-27H,6-7,10-12,16-17H2,1-3H3,(H,33,34)/t18-,20?,25?,26+,27+/m1/s1. The van der Waals surface area contributed by atoms with Crippen LogP contribution in [0.1, 0.15) is 56.1 Å². The average Bonchev–Trinajstić information content (AvgIpc) is 3.21. The van der Waals surface area contributed by atoms with Gasteiger partial charge in [0.15, 0.2) is 0 Å². The number of carboxylic acid groups (broad SMARTS) is 1. The summed E-state index contributed by atoms with van der Waals surface area (Å²) in [5, 5.41) is 9.97. The topological polar surface area (TPSA) is 96.4 Å². The summed E-state index contributed by atoms with van der Waals surface area (Å²) in [6.07, 6.45) is 2.91. The zero-order valence-electron chi connectivity index (χ0n) is 22.4. The molecule has 0 aromatic heterocycles. The molecule has 1 aliphatic heterocycles. The zero-order chi connectivity index (χ0) is 28.3. The predicted octanol–water partition coefficient (Wildman–Crippen LogP) is 4.99. The molecule has 0 bridgehead atoms. The smallest absolute Gasteiger partial charge is 0.407 e. The van der Waals surface area contributed by atoms with E-state index in [1.54, 1.807) is 38.3 Å². The second-order valence-electron chi connectivity index (χ2n) is 10.6. The van der Waals surface area contributed by atoms with Crippen LogP contribution in [0, 0.1) is 11.6 Å². The Hall–Kier alpha value is -2.76. The van der Waals surface area contributed by atoms with Crippen LogP contribution in [0.2, 0.25) is 0 Å². The molecule has 1 heterocycles. The highest BCUT2D eigenvalue weighted by Gasteiger charge is 2.47.